The van der Waals surface area contributed by atoms with E-state index in [1.807, 2.05) is 0 Å². The molecule has 0 saturated carbocycles. The van der Waals surface area contributed by atoms with Crippen LogP contribution < -0.4 is 5.73 Å². The van der Waals surface area contributed by atoms with E-state index < -0.39 is 14.9 Å². The smallest absolute Gasteiger partial charge is 0.269 e. The van der Waals surface area contributed by atoms with Crippen LogP contribution in [0.3, 0.4) is 0 Å². The second-order valence-electron chi connectivity index (χ2n) is 4.26. The molecule has 1 aromatic rings. The van der Waals surface area contributed by atoms with Gasteiger partial charge in [-0.15, -0.1) is 0 Å². The Hall–Kier alpha value is -1.51. The van der Waals surface area contributed by atoms with Gasteiger partial charge in [0.05, 0.1) is 10.7 Å². The maximum Gasteiger partial charge on any atom is 0.269 e. The molecule has 98 valence electrons. The van der Waals surface area contributed by atoms with Gasteiger partial charge in [0, 0.05) is 31.3 Å². The molecule has 0 aliphatic carbocycles. The van der Waals surface area contributed by atoms with E-state index >= 15 is 0 Å². The zero-order chi connectivity index (χ0) is 13.3. The number of hydrogen-bond donors (Lipinski definition) is 1. The summed E-state index contributed by atoms with van der Waals surface area (Å²) in [6, 6.07) is 5.42. The Morgan fingerprint density at radius 3 is 2.33 bits per heavy atom. The van der Waals surface area contributed by atoms with Crippen molar-refractivity contribution in [3.63, 3.8) is 0 Å². The Kier molecular flexibility index (Phi) is 3.33. The number of rotatable bonds is 4. The molecule has 0 atom stereocenters. The standard InChI is InChI=1S/C10H13N3O4S/c11-9-5-12(6-9)18(16,17)7-8-1-3-10(4-2-8)13(14)15/h1-4,9H,5-7,11H2. The fourth-order valence-electron chi connectivity index (χ4n) is 1.71. The topological polar surface area (TPSA) is 107 Å². The van der Waals surface area contributed by atoms with Gasteiger partial charge in [0.25, 0.3) is 5.69 Å². The van der Waals surface area contributed by atoms with Gasteiger partial charge >= 0.3 is 0 Å². The summed E-state index contributed by atoms with van der Waals surface area (Å²) in [7, 11) is -3.36. The number of sulfonamides is 1. The highest BCUT2D eigenvalue weighted by Gasteiger charge is 2.33. The van der Waals surface area contributed by atoms with Crippen LogP contribution in [0.5, 0.6) is 0 Å². The highest BCUT2D eigenvalue weighted by molar-refractivity contribution is 7.88. The Bertz CT molecular complexity index is 549. The molecule has 0 radical (unpaired) electrons. The number of nitro benzene ring substituents is 1. The molecule has 1 aliphatic heterocycles. The molecule has 1 heterocycles. The van der Waals surface area contributed by atoms with Gasteiger partial charge in [0.15, 0.2) is 0 Å². The lowest BCUT2D eigenvalue weighted by molar-refractivity contribution is -0.384. The van der Waals surface area contributed by atoms with Crippen LogP contribution in [0, 0.1) is 10.1 Å². The van der Waals surface area contributed by atoms with Crippen molar-refractivity contribution in [1.82, 2.24) is 4.31 Å². The van der Waals surface area contributed by atoms with Crippen molar-refractivity contribution >= 4 is 15.7 Å². The van der Waals surface area contributed by atoms with Gasteiger partial charge in [0.2, 0.25) is 10.0 Å². The minimum atomic E-state index is -3.36. The highest BCUT2D eigenvalue weighted by Crippen LogP contribution is 2.18. The van der Waals surface area contributed by atoms with Gasteiger partial charge in [0.1, 0.15) is 0 Å². The van der Waals surface area contributed by atoms with Crippen LogP contribution in [0.1, 0.15) is 5.56 Å². The van der Waals surface area contributed by atoms with Crippen molar-refractivity contribution in [1.29, 1.82) is 0 Å². The molecule has 0 spiro atoms. The van der Waals surface area contributed by atoms with E-state index in [9.17, 15) is 18.5 Å². The van der Waals surface area contributed by atoms with Crippen LogP contribution in [0.25, 0.3) is 0 Å². The monoisotopic (exact) mass is 271 g/mol. The summed E-state index contributed by atoms with van der Waals surface area (Å²) < 4.78 is 25.1. The maximum absolute atomic E-state index is 11.9. The predicted octanol–water partition coefficient (Wildman–Crippen LogP) is 0.0675. The molecule has 0 amide bonds. The number of benzene rings is 1. The van der Waals surface area contributed by atoms with E-state index in [1.54, 1.807) is 0 Å². The van der Waals surface area contributed by atoms with Crippen molar-refractivity contribution in [3.8, 4) is 0 Å². The minimum absolute atomic E-state index is 0.0536. The normalized spacial score (nSPS) is 17.4. The zero-order valence-corrected chi connectivity index (χ0v) is 10.3. The van der Waals surface area contributed by atoms with Crippen molar-refractivity contribution in [2.75, 3.05) is 13.1 Å². The third-order valence-corrected chi connectivity index (χ3v) is 4.55. The largest absolute Gasteiger partial charge is 0.325 e. The van der Waals surface area contributed by atoms with Crippen LogP contribution in [-0.4, -0.2) is 36.8 Å². The quantitative estimate of drug-likeness (QED) is 0.616. The van der Waals surface area contributed by atoms with E-state index in [0.29, 0.717) is 18.7 Å². The van der Waals surface area contributed by atoms with Crippen molar-refractivity contribution in [2.45, 2.75) is 11.8 Å². The summed E-state index contributed by atoms with van der Waals surface area (Å²) in [6.45, 7) is 0.685. The predicted molar refractivity (Wildman–Crippen MR) is 65.3 cm³/mol. The SMILES string of the molecule is NC1CN(S(=O)(=O)Cc2ccc([N+](=O)[O-])cc2)C1. The molecule has 0 unspecified atom stereocenters. The number of nitrogens with two attached hydrogens (primary N) is 1. The fourth-order valence-corrected chi connectivity index (χ4v) is 3.35. The van der Waals surface area contributed by atoms with E-state index in [-0.39, 0.29) is 17.5 Å². The Morgan fingerprint density at radius 1 is 1.33 bits per heavy atom. The Labute approximate surface area is 104 Å². The summed E-state index contributed by atoms with van der Waals surface area (Å²) in [5.41, 5.74) is 6.01. The first kappa shape index (κ1) is 12.9. The molecule has 1 aromatic carbocycles. The molecule has 0 aromatic heterocycles. The lowest BCUT2D eigenvalue weighted by Crippen LogP contribution is -2.57. The van der Waals surface area contributed by atoms with Gasteiger partial charge in [-0.3, -0.25) is 10.1 Å². The summed E-state index contributed by atoms with van der Waals surface area (Å²) in [5.74, 6) is -0.155. The average Bonchev–Trinajstić information content (AvgIpc) is 2.25. The molecule has 0 bridgehead atoms. The molecule has 1 aliphatic rings. The van der Waals surface area contributed by atoms with Crippen LogP contribution >= 0.6 is 0 Å². The molecule has 1 saturated heterocycles. The average molecular weight is 271 g/mol. The second kappa shape index (κ2) is 4.63. The fraction of sp³-hybridized carbons (Fsp3) is 0.400. The summed E-state index contributed by atoms with van der Waals surface area (Å²) >= 11 is 0. The van der Waals surface area contributed by atoms with Crippen LogP contribution in [-0.2, 0) is 15.8 Å². The molecule has 1 fully saturated rings. The molecular formula is C10H13N3O4S. The summed E-state index contributed by atoms with van der Waals surface area (Å²) in [5, 5.41) is 10.5. The van der Waals surface area contributed by atoms with Crippen LogP contribution in [0.4, 0.5) is 5.69 Å². The third-order valence-electron chi connectivity index (χ3n) is 2.77. The molecular weight excluding hydrogens is 258 g/mol. The lowest BCUT2D eigenvalue weighted by Gasteiger charge is -2.35. The molecule has 18 heavy (non-hydrogen) atoms. The molecule has 7 nitrogen and oxygen atoms in total. The van der Waals surface area contributed by atoms with E-state index in [2.05, 4.69) is 0 Å². The van der Waals surface area contributed by atoms with Crippen molar-refractivity contribution in [3.05, 3.63) is 39.9 Å². The highest BCUT2D eigenvalue weighted by atomic mass is 32.2. The first-order chi connectivity index (χ1) is 8.38. The molecule has 2 rings (SSSR count). The van der Waals surface area contributed by atoms with E-state index in [0.717, 1.165) is 0 Å². The number of non-ortho nitro benzene ring substituents is 1. The van der Waals surface area contributed by atoms with Gasteiger partial charge < -0.3 is 5.73 Å². The first-order valence-electron chi connectivity index (χ1n) is 5.35. The first-order valence-corrected chi connectivity index (χ1v) is 6.96. The van der Waals surface area contributed by atoms with Gasteiger partial charge in [-0.25, -0.2) is 8.42 Å². The summed E-state index contributed by atoms with van der Waals surface area (Å²) in [6.07, 6.45) is 0. The molecule has 8 heteroatoms. The van der Waals surface area contributed by atoms with Gasteiger partial charge in [-0.05, 0) is 5.56 Å². The molecule has 2 N–H and O–H groups in total. The van der Waals surface area contributed by atoms with E-state index in [4.69, 9.17) is 5.73 Å². The third kappa shape index (κ3) is 2.66. The van der Waals surface area contributed by atoms with Gasteiger partial charge in [-0.2, -0.15) is 4.31 Å². The van der Waals surface area contributed by atoms with Crippen molar-refractivity contribution < 1.29 is 13.3 Å². The number of nitrogens with zero attached hydrogens (tertiary/aromatic N) is 2. The number of hydrogen-bond acceptors (Lipinski definition) is 5. The Morgan fingerprint density at radius 2 is 1.89 bits per heavy atom. The van der Waals surface area contributed by atoms with Crippen LogP contribution in [0.15, 0.2) is 24.3 Å². The summed E-state index contributed by atoms with van der Waals surface area (Å²) in [4.78, 5) is 9.94. The second-order valence-corrected chi connectivity index (χ2v) is 6.23. The van der Waals surface area contributed by atoms with Crippen molar-refractivity contribution in [2.24, 2.45) is 5.73 Å². The Balaban J connectivity index is 2.07. The van der Waals surface area contributed by atoms with Gasteiger partial charge in [-0.1, -0.05) is 12.1 Å². The maximum atomic E-state index is 11.9. The van der Waals surface area contributed by atoms with E-state index in [1.165, 1.54) is 28.6 Å². The van der Waals surface area contributed by atoms with Crippen LogP contribution in [0.2, 0.25) is 0 Å². The number of nitro groups is 1. The minimum Gasteiger partial charge on any atom is -0.325 e. The zero-order valence-electron chi connectivity index (χ0n) is 9.52. The lowest BCUT2D eigenvalue weighted by atomic mass is 10.2.